The highest BCUT2D eigenvalue weighted by atomic mass is 32.1. The second kappa shape index (κ2) is 3.74. The van der Waals surface area contributed by atoms with E-state index in [4.69, 9.17) is 12.2 Å². The number of rotatable bonds is 3. The molecule has 1 N–H and O–H groups in total. The molecule has 2 atom stereocenters. The van der Waals surface area contributed by atoms with E-state index in [1.54, 1.807) is 0 Å². The van der Waals surface area contributed by atoms with Gasteiger partial charge < -0.3 is 9.55 Å². The number of para-hydroxylation sites is 2. The van der Waals surface area contributed by atoms with Crippen LogP contribution in [0, 0.1) is 10.7 Å². The van der Waals surface area contributed by atoms with Crippen molar-refractivity contribution >= 4 is 23.3 Å². The minimum absolute atomic E-state index is 0.642. The second-order valence-electron chi connectivity index (χ2n) is 4.67. The first kappa shape index (κ1) is 10.1. The van der Waals surface area contributed by atoms with Gasteiger partial charge in [-0.25, -0.2) is 0 Å². The maximum Gasteiger partial charge on any atom is 0.178 e. The van der Waals surface area contributed by atoms with Crippen molar-refractivity contribution in [1.82, 2.24) is 9.55 Å². The molecule has 1 saturated carbocycles. The van der Waals surface area contributed by atoms with Crippen LogP contribution in [0.1, 0.15) is 32.2 Å². The summed E-state index contributed by atoms with van der Waals surface area (Å²) in [5, 5.41) is 0. The molecule has 3 heteroatoms. The zero-order chi connectivity index (χ0) is 11.1. The van der Waals surface area contributed by atoms with Gasteiger partial charge >= 0.3 is 0 Å². The van der Waals surface area contributed by atoms with E-state index in [0.717, 1.165) is 16.2 Å². The van der Waals surface area contributed by atoms with Crippen molar-refractivity contribution < 1.29 is 0 Å². The molecule has 0 aliphatic heterocycles. The Balaban J connectivity index is 2.04. The summed E-state index contributed by atoms with van der Waals surface area (Å²) in [5.41, 5.74) is 2.42. The molecular formula is C13H16N2S. The molecule has 84 valence electrons. The van der Waals surface area contributed by atoms with Crippen LogP contribution in [0.3, 0.4) is 0 Å². The Bertz CT molecular complexity index is 567. The fourth-order valence-corrected chi connectivity index (χ4v) is 2.98. The lowest BCUT2D eigenvalue weighted by Gasteiger charge is -2.02. The molecule has 2 aromatic rings. The predicted octanol–water partition coefficient (Wildman–Crippen LogP) is 4.06. The summed E-state index contributed by atoms with van der Waals surface area (Å²) in [5.74, 6) is 0.843. The Morgan fingerprint density at radius 3 is 3.06 bits per heavy atom. The number of benzene rings is 1. The Morgan fingerprint density at radius 1 is 1.44 bits per heavy atom. The van der Waals surface area contributed by atoms with E-state index in [9.17, 15) is 0 Å². The number of hydrogen-bond donors (Lipinski definition) is 1. The Labute approximate surface area is 100 Å². The van der Waals surface area contributed by atoms with Gasteiger partial charge in [0.25, 0.3) is 0 Å². The molecule has 1 aliphatic rings. The van der Waals surface area contributed by atoms with E-state index < -0.39 is 0 Å². The first-order valence-electron chi connectivity index (χ1n) is 6.00. The average molecular weight is 232 g/mol. The standard InChI is InChI=1S/C13H16N2S/c1-2-5-9-8-12(9)15-11-7-4-3-6-10(11)14-13(15)16/h3-4,6-7,9,12H,2,5,8H2,1H3,(H,14,16). The number of nitrogens with one attached hydrogen (secondary N) is 1. The van der Waals surface area contributed by atoms with Crippen LogP contribution in [0.15, 0.2) is 24.3 Å². The minimum Gasteiger partial charge on any atom is -0.331 e. The van der Waals surface area contributed by atoms with E-state index >= 15 is 0 Å². The fraction of sp³-hybridized carbons (Fsp3) is 0.462. The quantitative estimate of drug-likeness (QED) is 0.791. The van der Waals surface area contributed by atoms with Gasteiger partial charge in [0.1, 0.15) is 0 Å². The summed E-state index contributed by atoms with van der Waals surface area (Å²) >= 11 is 5.41. The lowest BCUT2D eigenvalue weighted by Crippen LogP contribution is -1.96. The van der Waals surface area contributed by atoms with E-state index in [2.05, 4.69) is 34.7 Å². The fourth-order valence-electron chi connectivity index (χ4n) is 2.63. The summed E-state index contributed by atoms with van der Waals surface area (Å²) in [7, 11) is 0. The number of aromatic amines is 1. The molecule has 2 unspecified atom stereocenters. The zero-order valence-electron chi connectivity index (χ0n) is 9.44. The van der Waals surface area contributed by atoms with E-state index in [0.29, 0.717) is 6.04 Å². The lowest BCUT2D eigenvalue weighted by atomic mass is 10.2. The van der Waals surface area contributed by atoms with Crippen LogP contribution in [0.4, 0.5) is 0 Å². The largest absolute Gasteiger partial charge is 0.331 e. The van der Waals surface area contributed by atoms with Gasteiger partial charge in [0.2, 0.25) is 0 Å². The number of imidazole rings is 1. The lowest BCUT2D eigenvalue weighted by molar-refractivity contribution is 0.613. The van der Waals surface area contributed by atoms with Gasteiger partial charge in [0.05, 0.1) is 11.0 Å². The molecule has 0 bridgehead atoms. The van der Waals surface area contributed by atoms with Crippen molar-refractivity contribution in [1.29, 1.82) is 0 Å². The molecule has 0 spiro atoms. The molecule has 0 radical (unpaired) electrons. The van der Waals surface area contributed by atoms with Crippen molar-refractivity contribution in [2.45, 2.75) is 32.2 Å². The molecule has 1 aromatic heterocycles. The number of nitrogens with zero attached hydrogens (tertiary/aromatic N) is 1. The number of fused-ring (bicyclic) bond motifs is 1. The summed E-state index contributed by atoms with van der Waals surface area (Å²) in [4.78, 5) is 3.29. The van der Waals surface area contributed by atoms with Crippen molar-refractivity contribution in [3.63, 3.8) is 0 Å². The molecule has 3 rings (SSSR count). The van der Waals surface area contributed by atoms with Crippen molar-refractivity contribution in [2.24, 2.45) is 5.92 Å². The predicted molar refractivity (Wildman–Crippen MR) is 69.2 cm³/mol. The Kier molecular flexibility index (Phi) is 2.36. The summed E-state index contributed by atoms with van der Waals surface area (Å²) in [6.45, 7) is 2.25. The van der Waals surface area contributed by atoms with Crippen LogP contribution in [-0.4, -0.2) is 9.55 Å². The minimum atomic E-state index is 0.642. The highest BCUT2D eigenvalue weighted by Crippen LogP contribution is 2.47. The highest BCUT2D eigenvalue weighted by molar-refractivity contribution is 7.71. The molecule has 2 nitrogen and oxygen atoms in total. The van der Waals surface area contributed by atoms with Crippen LogP contribution in [0.5, 0.6) is 0 Å². The smallest absolute Gasteiger partial charge is 0.178 e. The number of aromatic nitrogens is 2. The van der Waals surface area contributed by atoms with E-state index in [1.807, 2.05) is 6.07 Å². The van der Waals surface area contributed by atoms with Gasteiger partial charge in [0, 0.05) is 6.04 Å². The molecule has 0 amide bonds. The SMILES string of the molecule is CCCC1CC1n1c(=S)[nH]c2ccccc21. The molecule has 1 fully saturated rings. The van der Waals surface area contributed by atoms with Crippen LogP contribution >= 0.6 is 12.2 Å². The number of H-pyrrole nitrogens is 1. The van der Waals surface area contributed by atoms with Gasteiger partial charge in [-0.05, 0) is 43.1 Å². The third-order valence-electron chi connectivity index (χ3n) is 3.50. The number of hydrogen-bond acceptors (Lipinski definition) is 1. The first-order valence-corrected chi connectivity index (χ1v) is 6.41. The monoisotopic (exact) mass is 232 g/mol. The second-order valence-corrected chi connectivity index (χ2v) is 5.06. The molecule has 16 heavy (non-hydrogen) atoms. The molecular weight excluding hydrogens is 216 g/mol. The van der Waals surface area contributed by atoms with E-state index in [1.165, 1.54) is 24.8 Å². The Hall–Kier alpha value is -1.09. The summed E-state index contributed by atoms with van der Waals surface area (Å²) in [6.07, 6.45) is 3.90. The molecule has 0 saturated heterocycles. The normalized spacial score (nSPS) is 23.8. The van der Waals surface area contributed by atoms with Crippen LogP contribution in [0.2, 0.25) is 0 Å². The van der Waals surface area contributed by atoms with Crippen LogP contribution < -0.4 is 0 Å². The molecule has 1 aliphatic carbocycles. The third-order valence-corrected chi connectivity index (χ3v) is 3.80. The van der Waals surface area contributed by atoms with Gasteiger partial charge in [-0.2, -0.15) is 0 Å². The third kappa shape index (κ3) is 1.50. The maximum absolute atomic E-state index is 5.41. The highest BCUT2D eigenvalue weighted by Gasteiger charge is 2.38. The maximum atomic E-state index is 5.41. The first-order chi connectivity index (χ1) is 7.81. The van der Waals surface area contributed by atoms with Crippen LogP contribution in [-0.2, 0) is 0 Å². The van der Waals surface area contributed by atoms with Gasteiger partial charge in [-0.3, -0.25) is 0 Å². The van der Waals surface area contributed by atoms with Gasteiger partial charge in [0.15, 0.2) is 4.77 Å². The average Bonchev–Trinajstić information content (AvgIpc) is 2.92. The van der Waals surface area contributed by atoms with Crippen molar-refractivity contribution in [3.05, 3.63) is 29.0 Å². The molecule has 1 heterocycles. The Morgan fingerprint density at radius 2 is 2.25 bits per heavy atom. The van der Waals surface area contributed by atoms with Crippen molar-refractivity contribution in [2.75, 3.05) is 0 Å². The van der Waals surface area contributed by atoms with Crippen molar-refractivity contribution in [3.8, 4) is 0 Å². The van der Waals surface area contributed by atoms with Gasteiger partial charge in [-0.1, -0.05) is 25.5 Å². The zero-order valence-corrected chi connectivity index (χ0v) is 10.3. The molecule has 1 aromatic carbocycles. The summed E-state index contributed by atoms with van der Waals surface area (Å²) < 4.78 is 3.19. The van der Waals surface area contributed by atoms with Crippen LogP contribution in [0.25, 0.3) is 11.0 Å². The summed E-state index contributed by atoms with van der Waals surface area (Å²) in [6, 6.07) is 9.03. The van der Waals surface area contributed by atoms with E-state index in [-0.39, 0.29) is 0 Å². The topological polar surface area (TPSA) is 20.7 Å². The van der Waals surface area contributed by atoms with Gasteiger partial charge in [-0.15, -0.1) is 0 Å².